The monoisotopic (exact) mass is 388 g/mol. The minimum atomic E-state index is -3.62. The van der Waals surface area contributed by atoms with Gasteiger partial charge < -0.3 is 5.32 Å². The molecule has 1 amide bonds. The maximum absolute atomic E-state index is 12.7. The van der Waals surface area contributed by atoms with Crippen molar-refractivity contribution in [2.45, 2.75) is 40.5 Å². The fourth-order valence-electron chi connectivity index (χ4n) is 3.27. The smallest absolute Gasteiger partial charge is 0.245 e. The zero-order valence-electron chi connectivity index (χ0n) is 16.8. The van der Waals surface area contributed by atoms with Gasteiger partial charge in [-0.3, -0.25) is 9.10 Å². The van der Waals surface area contributed by atoms with E-state index in [1.54, 1.807) is 12.1 Å². The van der Waals surface area contributed by atoms with Crippen LogP contribution in [-0.2, 0) is 14.8 Å². The molecule has 0 aromatic heterocycles. The average Bonchev–Trinajstić information content (AvgIpc) is 2.55. The van der Waals surface area contributed by atoms with Crippen LogP contribution in [0.5, 0.6) is 0 Å². The predicted octanol–water partition coefficient (Wildman–Crippen LogP) is 4.14. The number of benzene rings is 2. The molecule has 0 atom stereocenters. The molecule has 27 heavy (non-hydrogen) atoms. The topological polar surface area (TPSA) is 66.5 Å². The molecule has 0 aliphatic heterocycles. The molecule has 0 radical (unpaired) electrons. The Morgan fingerprint density at radius 2 is 1.63 bits per heavy atom. The van der Waals surface area contributed by atoms with E-state index in [1.807, 2.05) is 58.9 Å². The molecule has 6 heteroatoms. The Hall–Kier alpha value is -2.34. The zero-order chi connectivity index (χ0) is 20.4. The second kappa shape index (κ2) is 8.13. The summed E-state index contributed by atoms with van der Waals surface area (Å²) in [6, 6.07) is 11.3. The Morgan fingerprint density at radius 1 is 1.07 bits per heavy atom. The first-order valence-electron chi connectivity index (χ1n) is 8.95. The molecule has 0 unspecified atom stereocenters. The lowest BCUT2D eigenvalue weighted by Gasteiger charge is -2.26. The minimum absolute atomic E-state index is 0.134. The molecule has 5 nitrogen and oxygen atoms in total. The van der Waals surface area contributed by atoms with Crippen LogP contribution in [0.25, 0.3) is 0 Å². The number of hydrogen-bond donors (Lipinski definition) is 1. The number of sulfonamides is 1. The Kier molecular flexibility index (Phi) is 6.31. The number of carbonyl (C=O) groups is 1. The summed E-state index contributed by atoms with van der Waals surface area (Å²) in [6.07, 6.45) is 1.12. The molecule has 0 saturated carbocycles. The third-order valence-corrected chi connectivity index (χ3v) is 5.58. The van der Waals surface area contributed by atoms with Crippen LogP contribution < -0.4 is 9.62 Å². The van der Waals surface area contributed by atoms with Crippen LogP contribution in [0.3, 0.4) is 0 Å². The van der Waals surface area contributed by atoms with Gasteiger partial charge in [0.25, 0.3) is 0 Å². The molecule has 0 aliphatic carbocycles. The normalized spacial score (nSPS) is 11.5. The van der Waals surface area contributed by atoms with E-state index >= 15 is 0 Å². The summed E-state index contributed by atoms with van der Waals surface area (Å²) in [5.74, 6) is -0.232. The van der Waals surface area contributed by atoms with E-state index < -0.39 is 10.0 Å². The van der Waals surface area contributed by atoms with Crippen molar-refractivity contribution >= 4 is 27.3 Å². The number of nitrogens with zero attached hydrogens (tertiary/aromatic N) is 1. The highest BCUT2D eigenvalue weighted by Crippen LogP contribution is 2.29. The fraction of sp³-hybridized carbons (Fsp3) is 0.381. The number of hydrogen-bond acceptors (Lipinski definition) is 3. The van der Waals surface area contributed by atoms with Gasteiger partial charge in [0.1, 0.15) is 6.54 Å². The molecular formula is C21H28N2O3S. The Morgan fingerprint density at radius 3 is 2.15 bits per heavy atom. The van der Waals surface area contributed by atoms with Crippen molar-refractivity contribution in [3.63, 3.8) is 0 Å². The highest BCUT2D eigenvalue weighted by atomic mass is 32.2. The minimum Gasteiger partial charge on any atom is -0.324 e. The number of nitrogens with one attached hydrogen (secondary N) is 1. The van der Waals surface area contributed by atoms with Crippen molar-refractivity contribution in [2.75, 3.05) is 22.4 Å². The van der Waals surface area contributed by atoms with Gasteiger partial charge in [0.05, 0.1) is 11.9 Å². The fourth-order valence-corrected chi connectivity index (χ4v) is 4.15. The number of rotatable bonds is 6. The third kappa shape index (κ3) is 5.10. The molecule has 2 aromatic carbocycles. The highest BCUT2D eigenvalue weighted by molar-refractivity contribution is 7.92. The van der Waals surface area contributed by atoms with Crippen LogP contribution >= 0.6 is 0 Å². The van der Waals surface area contributed by atoms with Crippen LogP contribution in [0.1, 0.15) is 42.0 Å². The van der Waals surface area contributed by atoms with E-state index in [1.165, 1.54) is 4.31 Å². The molecule has 0 fully saturated rings. The van der Waals surface area contributed by atoms with Gasteiger partial charge in [-0.05, 0) is 49.4 Å². The molecule has 0 heterocycles. The Balaban J connectivity index is 2.35. The Labute approximate surface area is 162 Å². The van der Waals surface area contributed by atoms with Gasteiger partial charge in [0.15, 0.2) is 0 Å². The summed E-state index contributed by atoms with van der Waals surface area (Å²) in [4.78, 5) is 12.7. The van der Waals surface area contributed by atoms with E-state index in [0.29, 0.717) is 5.69 Å². The van der Waals surface area contributed by atoms with Gasteiger partial charge in [0, 0.05) is 5.69 Å². The Bertz CT molecular complexity index is 927. The second-order valence-electron chi connectivity index (χ2n) is 7.31. The van der Waals surface area contributed by atoms with Crippen molar-refractivity contribution in [2.24, 2.45) is 0 Å². The lowest BCUT2D eigenvalue weighted by molar-refractivity contribution is -0.114. The average molecular weight is 389 g/mol. The van der Waals surface area contributed by atoms with Gasteiger partial charge in [-0.1, -0.05) is 49.7 Å². The van der Waals surface area contributed by atoms with Gasteiger partial charge in [-0.25, -0.2) is 8.42 Å². The van der Waals surface area contributed by atoms with E-state index in [9.17, 15) is 13.2 Å². The number of amides is 1. The summed E-state index contributed by atoms with van der Waals surface area (Å²) < 4.78 is 26.0. The quantitative estimate of drug-likeness (QED) is 0.809. The maximum atomic E-state index is 12.7. The first-order chi connectivity index (χ1) is 12.5. The number of carbonyl (C=O) groups excluding carboxylic acids is 1. The van der Waals surface area contributed by atoms with Crippen molar-refractivity contribution < 1.29 is 13.2 Å². The predicted molar refractivity (Wildman–Crippen MR) is 112 cm³/mol. The summed E-state index contributed by atoms with van der Waals surface area (Å²) in [5, 5.41) is 2.88. The second-order valence-corrected chi connectivity index (χ2v) is 9.21. The van der Waals surface area contributed by atoms with Gasteiger partial charge in [-0.15, -0.1) is 0 Å². The molecule has 2 aromatic rings. The summed E-state index contributed by atoms with van der Waals surface area (Å²) in [7, 11) is -3.62. The molecule has 1 N–H and O–H groups in total. The van der Waals surface area contributed by atoms with E-state index in [4.69, 9.17) is 0 Å². The molecule has 0 spiro atoms. The first-order valence-corrected chi connectivity index (χ1v) is 10.8. The zero-order valence-corrected chi connectivity index (χ0v) is 17.6. The lowest BCUT2D eigenvalue weighted by Crippen LogP contribution is -2.38. The van der Waals surface area contributed by atoms with Crippen LogP contribution in [0.15, 0.2) is 36.4 Å². The van der Waals surface area contributed by atoms with Gasteiger partial charge in [-0.2, -0.15) is 0 Å². The van der Waals surface area contributed by atoms with Crippen LogP contribution in [-0.4, -0.2) is 27.1 Å². The highest BCUT2D eigenvalue weighted by Gasteiger charge is 2.24. The van der Waals surface area contributed by atoms with Crippen LogP contribution in [0.2, 0.25) is 0 Å². The van der Waals surface area contributed by atoms with E-state index in [-0.39, 0.29) is 18.4 Å². The maximum Gasteiger partial charge on any atom is 0.245 e. The van der Waals surface area contributed by atoms with Crippen molar-refractivity contribution in [1.29, 1.82) is 0 Å². The van der Waals surface area contributed by atoms with Crippen LogP contribution in [0.4, 0.5) is 11.4 Å². The van der Waals surface area contributed by atoms with Crippen molar-refractivity contribution in [3.05, 3.63) is 58.7 Å². The molecule has 0 bridgehead atoms. The summed E-state index contributed by atoms with van der Waals surface area (Å²) in [6.45, 7) is 9.59. The molecule has 0 aliphatic rings. The SMILES string of the molecule is Cc1cc(C)c(NC(=O)CN(c2ccccc2C(C)C)S(C)(=O)=O)c(C)c1. The molecule has 0 saturated heterocycles. The molecule has 2 rings (SSSR count). The third-order valence-electron chi connectivity index (χ3n) is 4.46. The first kappa shape index (κ1) is 21.0. The number of anilines is 2. The number of para-hydroxylation sites is 1. The van der Waals surface area contributed by atoms with Crippen LogP contribution in [0, 0.1) is 20.8 Å². The van der Waals surface area contributed by atoms with Gasteiger partial charge >= 0.3 is 0 Å². The van der Waals surface area contributed by atoms with Crippen molar-refractivity contribution in [1.82, 2.24) is 0 Å². The summed E-state index contributed by atoms with van der Waals surface area (Å²) in [5.41, 5.74) is 5.19. The molecular weight excluding hydrogens is 360 g/mol. The largest absolute Gasteiger partial charge is 0.324 e. The van der Waals surface area contributed by atoms with Gasteiger partial charge in [0.2, 0.25) is 15.9 Å². The van der Waals surface area contributed by atoms with Crippen molar-refractivity contribution in [3.8, 4) is 0 Å². The van der Waals surface area contributed by atoms with E-state index in [2.05, 4.69) is 5.32 Å². The van der Waals surface area contributed by atoms with E-state index in [0.717, 1.165) is 34.2 Å². The molecule has 146 valence electrons. The standard InChI is InChI=1S/C21H28N2O3S/c1-14(2)18-9-7-8-10-19(18)23(27(6,25)26)13-20(24)22-21-16(4)11-15(3)12-17(21)5/h7-12,14H,13H2,1-6H3,(H,22,24). The number of aryl methyl sites for hydroxylation is 3. The summed E-state index contributed by atoms with van der Waals surface area (Å²) >= 11 is 0. The lowest BCUT2D eigenvalue weighted by atomic mass is 10.0.